The lowest BCUT2D eigenvalue weighted by molar-refractivity contribution is 0.416. The normalized spacial score (nSPS) is 10.4. The van der Waals surface area contributed by atoms with Gasteiger partial charge in [0, 0.05) is 23.1 Å². The molecule has 0 aliphatic rings. The standard InChI is InChI=1S/C12H14ClN3OS/c1-3-6-14-12-15-11(16-18-12)9-5-4-8(13)7-10(9)17-2/h4-5,7H,3,6H2,1-2H3,(H,14,15,16). The molecule has 0 bridgehead atoms. The van der Waals surface area contributed by atoms with E-state index in [1.165, 1.54) is 11.5 Å². The van der Waals surface area contributed by atoms with Crippen molar-refractivity contribution in [1.29, 1.82) is 0 Å². The summed E-state index contributed by atoms with van der Waals surface area (Å²) in [5.41, 5.74) is 0.850. The fourth-order valence-corrected chi connectivity index (χ4v) is 2.25. The van der Waals surface area contributed by atoms with E-state index in [0.717, 1.165) is 23.7 Å². The molecule has 0 unspecified atom stereocenters. The van der Waals surface area contributed by atoms with Crippen LogP contribution in [0.25, 0.3) is 11.4 Å². The fourth-order valence-electron chi connectivity index (χ4n) is 1.49. The Morgan fingerprint density at radius 2 is 2.28 bits per heavy atom. The Bertz CT molecular complexity index is 530. The maximum absolute atomic E-state index is 5.93. The number of nitrogens with zero attached hydrogens (tertiary/aromatic N) is 2. The third-order valence-corrected chi connectivity index (χ3v) is 3.26. The molecule has 1 aromatic heterocycles. The van der Waals surface area contributed by atoms with Gasteiger partial charge in [-0.3, -0.25) is 0 Å². The molecule has 1 aromatic carbocycles. The van der Waals surface area contributed by atoms with Crippen LogP contribution in [0.1, 0.15) is 13.3 Å². The largest absolute Gasteiger partial charge is 0.496 e. The molecule has 0 atom stereocenters. The summed E-state index contributed by atoms with van der Waals surface area (Å²) in [6.45, 7) is 3.00. The number of methoxy groups -OCH3 is 1. The van der Waals surface area contributed by atoms with E-state index < -0.39 is 0 Å². The minimum absolute atomic E-state index is 0.634. The van der Waals surface area contributed by atoms with Crippen LogP contribution in [0.15, 0.2) is 18.2 Å². The van der Waals surface area contributed by atoms with Crippen LogP contribution in [0, 0.1) is 0 Å². The van der Waals surface area contributed by atoms with Crippen molar-refractivity contribution in [2.24, 2.45) is 0 Å². The molecule has 1 heterocycles. The molecule has 18 heavy (non-hydrogen) atoms. The van der Waals surface area contributed by atoms with E-state index in [1.54, 1.807) is 19.2 Å². The van der Waals surface area contributed by atoms with Gasteiger partial charge in [0.05, 0.1) is 12.7 Å². The van der Waals surface area contributed by atoms with E-state index in [1.807, 2.05) is 6.07 Å². The average Bonchev–Trinajstić information content (AvgIpc) is 2.84. The van der Waals surface area contributed by atoms with Crippen molar-refractivity contribution in [3.8, 4) is 17.1 Å². The molecule has 6 heteroatoms. The highest BCUT2D eigenvalue weighted by molar-refractivity contribution is 7.09. The molecule has 4 nitrogen and oxygen atoms in total. The number of benzene rings is 1. The third kappa shape index (κ3) is 2.91. The van der Waals surface area contributed by atoms with Crippen LogP contribution in [0.3, 0.4) is 0 Å². The lowest BCUT2D eigenvalue weighted by Gasteiger charge is -2.05. The first kappa shape index (κ1) is 13.1. The number of ether oxygens (including phenoxy) is 1. The number of nitrogens with one attached hydrogen (secondary N) is 1. The Kier molecular flexibility index (Phi) is 4.38. The lowest BCUT2D eigenvalue weighted by Crippen LogP contribution is -1.98. The quantitative estimate of drug-likeness (QED) is 0.909. The molecule has 0 saturated heterocycles. The lowest BCUT2D eigenvalue weighted by atomic mass is 10.2. The van der Waals surface area contributed by atoms with Gasteiger partial charge in [-0.15, -0.1) is 0 Å². The van der Waals surface area contributed by atoms with Gasteiger partial charge in [-0.2, -0.15) is 9.36 Å². The van der Waals surface area contributed by atoms with E-state index in [9.17, 15) is 0 Å². The van der Waals surface area contributed by atoms with Gasteiger partial charge >= 0.3 is 0 Å². The Morgan fingerprint density at radius 3 is 3.00 bits per heavy atom. The number of hydrogen-bond donors (Lipinski definition) is 1. The summed E-state index contributed by atoms with van der Waals surface area (Å²) in [6, 6.07) is 5.43. The molecular weight excluding hydrogens is 270 g/mol. The predicted octanol–water partition coefficient (Wildman–Crippen LogP) is 3.69. The first-order chi connectivity index (χ1) is 8.74. The highest BCUT2D eigenvalue weighted by Gasteiger charge is 2.11. The maximum atomic E-state index is 5.93. The van der Waals surface area contributed by atoms with Gasteiger partial charge in [0.15, 0.2) is 5.82 Å². The van der Waals surface area contributed by atoms with Crippen LogP contribution in [0.2, 0.25) is 5.02 Å². The van der Waals surface area contributed by atoms with Crippen molar-refractivity contribution in [2.75, 3.05) is 19.0 Å². The van der Waals surface area contributed by atoms with Gasteiger partial charge < -0.3 is 10.1 Å². The minimum atomic E-state index is 0.634. The van der Waals surface area contributed by atoms with Crippen molar-refractivity contribution in [3.05, 3.63) is 23.2 Å². The molecule has 0 spiro atoms. The Morgan fingerprint density at radius 1 is 1.44 bits per heavy atom. The molecule has 0 radical (unpaired) electrons. The molecular formula is C12H14ClN3OS. The molecule has 2 aromatic rings. The second-order valence-corrected chi connectivity index (χ2v) is 4.88. The number of halogens is 1. The zero-order valence-electron chi connectivity index (χ0n) is 10.2. The van der Waals surface area contributed by atoms with Crippen LogP contribution in [0.4, 0.5) is 5.13 Å². The van der Waals surface area contributed by atoms with Crippen LogP contribution in [0.5, 0.6) is 5.75 Å². The van der Waals surface area contributed by atoms with E-state index in [4.69, 9.17) is 16.3 Å². The highest BCUT2D eigenvalue weighted by atomic mass is 35.5. The fraction of sp³-hybridized carbons (Fsp3) is 0.333. The van der Waals surface area contributed by atoms with Gasteiger partial charge in [-0.05, 0) is 24.6 Å². The van der Waals surface area contributed by atoms with Crippen molar-refractivity contribution >= 4 is 28.3 Å². The van der Waals surface area contributed by atoms with Crippen LogP contribution in [-0.4, -0.2) is 23.0 Å². The van der Waals surface area contributed by atoms with Gasteiger partial charge in [-0.1, -0.05) is 18.5 Å². The number of rotatable bonds is 5. The Labute approximate surface area is 115 Å². The predicted molar refractivity (Wildman–Crippen MR) is 75.7 cm³/mol. The molecule has 0 saturated carbocycles. The number of aromatic nitrogens is 2. The van der Waals surface area contributed by atoms with E-state index in [0.29, 0.717) is 16.6 Å². The number of anilines is 1. The zero-order valence-corrected chi connectivity index (χ0v) is 11.8. The van der Waals surface area contributed by atoms with E-state index in [-0.39, 0.29) is 0 Å². The first-order valence-corrected chi connectivity index (χ1v) is 6.81. The second kappa shape index (κ2) is 6.02. The monoisotopic (exact) mass is 283 g/mol. The van der Waals surface area contributed by atoms with Crippen molar-refractivity contribution in [1.82, 2.24) is 9.36 Å². The summed E-state index contributed by atoms with van der Waals surface area (Å²) in [7, 11) is 1.61. The van der Waals surface area contributed by atoms with Gasteiger partial charge in [-0.25, -0.2) is 0 Å². The average molecular weight is 284 g/mol. The Balaban J connectivity index is 2.28. The molecule has 96 valence electrons. The molecule has 1 N–H and O–H groups in total. The van der Waals surface area contributed by atoms with Crippen LogP contribution >= 0.6 is 23.1 Å². The summed E-state index contributed by atoms with van der Waals surface area (Å²) in [5.74, 6) is 1.34. The Hall–Kier alpha value is -1.33. The van der Waals surface area contributed by atoms with Crippen molar-refractivity contribution < 1.29 is 4.74 Å². The molecule has 0 aliphatic heterocycles. The summed E-state index contributed by atoms with van der Waals surface area (Å²) in [5, 5.41) is 4.67. The molecule has 2 rings (SSSR count). The summed E-state index contributed by atoms with van der Waals surface area (Å²) < 4.78 is 9.61. The summed E-state index contributed by atoms with van der Waals surface area (Å²) in [4.78, 5) is 4.43. The molecule has 0 aliphatic carbocycles. The van der Waals surface area contributed by atoms with Gasteiger partial charge in [0.25, 0.3) is 0 Å². The third-order valence-electron chi connectivity index (χ3n) is 2.36. The topological polar surface area (TPSA) is 47.0 Å². The van der Waals surface area contributed by atoms with Crippen LogP contribution < -0.4 is 10.1 Å². The van der Waals surface area contributed by atoms with Gasteiger partial charge in [0.1, 0.15) is 5.75 Å². The smallest absolute Gasteiger partial charge is 0.202 e. The van der Waals surface area contributed by atoms with E-state index >= 15 is 0 Å². The second-order valence-electron chi connectivity index (χ2n) is 3.69. The molecule has 0 fully saturated rings. The maximum Gasteiger partial charge on any atom is 0.202 e. The summed E-state index contributed by atoms with van der Waals surface area (Å²) in [6.07, 6.45) is 1.05. The first-order valence-electron chi connectivity index (χ1n) is 5.66. The SMILES string of the molecule is CCCNc1nc(-c2ccc(Cl)cc2OC)ns1. The van der Waals surface area contributed by atoms with E-state index in [2.05, 4.69) is 21.6 Å². The molecule has 0 amide bonds. The van der Waals surface area contributed by atoms with Crippen LogP contribution in [-0.2, 0) is 0 Å². The zero-order chi connectivity index (χ0) is 13.0. The van der Waals surface area contributed by atoms with Gasteiger partial charge in [0.2, 0.25) is 5.13 Å². The van der Waals surface area contributed by atoms with Crippen molar-refractivity contribution in [3.63, 3.8) is 0 Å². The highest BCUT2D eigenvalue weighted by Crippen LogP contribution is 2.32. The number of hydrogen-bond acceptors (Lipinski definition) is 5. The summed E-state index contributed by atoms with van der Waals surface area (Å²) >= 11 is 7.27. The minimum Gasteiger partial charge on any atom is -0.496 e. The van der Waals surface area contributed by atoms with Crippen molar-refractivity contribution in [2.45, 2.75) is 13.3 Å².